The van der Waals surface area contributed by atoms with Gasteiger partial charge in [-0.3, -0.25) is 4.79 Å². The van der Waals surface area contributed by atoms with Crippen LogP contribution in [0.1, 0.15) is 25.6 Å². The van der Waals surface area contributed by atoms with E-state index in [1.54, 1.807) is 20.1 Å². The molecule has 2 rings (SSSR count). The lowest BCUT2D eigenvalue weighted by Gasteiger charge is -2.21. The Labute approximate surface area is 113 Å². The molecule has 2 heterocycles. The van der Waals surface area contributed by atoms with Crippen LogP contribution in [0.5, 0.6) is 5.88 Å². The SMILES string of the molecule is COc1cc(NC(C)C(=O)N2CCCC2)nc(C)n1. The molecule has 1 saturated heterocycles. The molecule has 19 heavy (non-hydrogen) atoms. The number of rotatable bonds is 4. The third kappa shape index (κ3) is 3.33. The Bertz CT molecular complexity index is 458. The summed E-state index contributed by atoms with van der Waals surface area (Å²) in [7, 11) is 1.56. The number of ether oxygens (including phenoxy) is 1. The lowest BCUT2D eigenvalue weighted by molar-refractivity contribution is -0.130. The third-order valence-electron chi connectivity index (χ3n) is 3.18. The smallest absolute Gasteiger partial charge is 0.244 e. The molecule has 0 aliphatic carbocycles. The van der Waals surface area contributed by atoms with Gasteiger partial charge in [-0.05, 0) is 26.7 Å². The summed E-state index contributed by atoms with van der Waals surface area (Å²) in [5.41, 5.74) is 0. The third-order valence-corrected chi connectivity index (χ3v) is 3.18. The maximum absolute atomic E-state index is 12.2. The summed E-state index contributed by atoms with van der Waals surface area (Å²) in [6.07, 6.45) is 2.19. The van der Waals surface area contributed by atoms with Gasteiger partial charge in [-0.1, -0.05) is 0 Å². The highest BCUT2D eigenvalue weighted by Crippen LogP contribution is 2.15. The van der Waals surface area contributed by atoms with E-state index in [9.17, 15) is 4.79 Å². The highest BCUT2D eigenvalue weighted by molar-refractivity contribution is 5.84. The van der Waals surface area contributed by atoms with Crippen LogP contribution in [0.4, 0.5) is 5.82 Å². The van der Waals surface area contributed by atoms with E-state index in [2.05, 4.69) is 15.3 Å². The topological polar surface area (TPSA) is 67.3 Å². The van der Waals surface area contributed by atoms with Crippen LogP contribution in [0.25, 0.3) is 0 Å². The van der Waals surface area contributed by atoms with Crippen LogP contribution in [0.3, 0.4) is 0 Å². The molecule has 1 aromatic rings. The Kier molecular flexibility index (Phi) is 4.19. The summed E-state index contributed by atoms with van der Waals surface area (Å²) >= 11 is 0. The number of hydrogen-bond donors (Lipinski definition) is 1. The first kappa shape index (κ1) is 13.6. The number of likely N-dealkylation sites (tertiary alicyclic amines) is 1. The Morgan fingerprint density at radius 3 is 2.74 bits per heavy atom. The van der Waals surface area contributed by atoms with Gasteiger partial charge in [0.1, 0.15) is 17.7 Å². The summed E-state index contributed by atoms with van der Waals surface area (Å²) < 4.78 is 5.09. The zero-order chi connectivity index (χ0) is 13.8. The number of aryl methyl sites for hydroxylation is 1. The summed E-state index contributed by atoms with van der Waals surface area (Å²) in [5.74, 6) is 1.84. The fraction of sp³-hybridized carbons (Fsp3) is 0.615. The van der Waals surface area contributed by atoms with Crippen LogP contribution in [-0.4, -0.2) is 47.0 Å². The van der Waals surface area contributed by atoms with Crippen molar-refractivity contribution >= 4 is 11.7 Å². The fourth-order valence-electron chi connectivity index (χ4n) is 2.21. The van der Waals surface area contributed by atoms with E-state index in [-0.39, 0.29) is 11.9 Å². The average Bonchev–Trinajstić information content (AvgIpc) is 2.90. The maximum Gasteiger partial charge on any atom is 0.244 e. The Morgan fingerprint density at radius 2 is 2.11 bits per heavy atom. The normalized spacial score (nSPS) is 16.3. The number of amides is 1. The number of anilines is 1. The Balaban J connectivity index is 2.03. The molecule has 1 atom stereocenters. The molecule has 104 valence electrons. The predicted octanol–water partition coefficient (Wildman–Crippen LogP) is 1.22. The zero-order valence-electron chi connectivity index (χ0n) is 11.6. The predicted molar refractivity (Wildman–Crippen MR) is 72.2 cm³/mol. The molecule has 1 aliphatic rings. The largest absolute Gasteiger partial charge is 0.481 e. The van der Waals surface area contributed by atoms with Crippen molar-refractivity contribution < 1.29 is 9.53 Å². The van der Waals surface area contributed by atoms with E-state index in [0.717, 1.165) is 25.9 Å². The van der Waals surface area contributed by atoms with Gasteiger partial charge in [-0.2, -0.15) is 4.98 Å². The van der Waals surface area contributed by atoms with Crippen LogP contribution in [0, 0.1) is 6.92 Å². The Hall–Kier alpha value is -1.85. The molecule has 1 fully saturated rings. The molecule has 0 saturated carbocycles. The van der Waals surface area contributed by atoms with Gasteiger partial charge in [0.15, 0.2) is 0 Å². The van der Waals surface area contributed by atoms with Gasteiger partial charge in [0.2, 0.25) is 11.8 Å². The first-order chi connectivity index (χ1) is 9.10. The molecule has 6 heteroatoms. The van der Waals surface area contributed by atoms with Crippen molar-refractivity contribution in [2.45, 2.75) is 32.7 Å². The number of hydrogen-bond acceptors (Lipinski definition) is 5. The molecule has 0 aromatic carbocycles. The van der Waals surface area contributed by atoms with Crippen molar-refractivity contribution in [3.05, 3.63) is 11.9 Å². The molecule has 0 radical (unpaired) electrons. The maximum atomic E-state index is 12.2. The number of carbonyl (C=O) groups is 1. The highest BCUT2D eigenvalue weighted by Gasteiger charge is 2.23. The van der Waals surface area contributed by atoms with Crippen LogP contribution < -0.4 is 10.1 Å². The van der Waals surface area contributed by atoms with Gasteiger partial charge in [0.05, 0.1) is 7.11 Å². The van der Waals surface area contributed by atoms with Crippen molar-refractivity contribution in [3.8, 4) is 5.88 Å². The minimum atomic E-state index is -0.294. The van der Waals surface area contributed by atoms with Crippen molar-refractivity contribution in [1.82, 2.24) is 14.9 Å². The molecule has 1 unspecified atom stereocenters. The van der Waals surface area contributed by atoms with Crippen LogP contribution in [-0.2, 0) is 4.79 Å². The summed E-state index contributed by atoms with van der Waals surface area (Å²) in [6, 6.07) is 1.40. The monoisotopic (exact) mass is 264 g/mol. The minimum absolute atomic E-state index is 0.118. The minimum Gasteiger partial charge on any atom is -0.481 e. The van der Waals surface area contributed by atoms with Crippen molar-refractivity contribution in [1.29, 1.82) is 0 Å². The zero-order valence-corrected chi connectivity index (χ0v) is 11.6. The number of methoxy groups -OCH3 is 1. The highest BCUT2D eigenvalue weighted by atomic mass is 16.5. The molecule has 1 amide bonds. The first-order valence-electron chi connectivity index (χ1n) is 6.55. The van der Waals surface area contributed by atoms with E-state index < -0.39 is 0 Å². The fourth-order valence-corrected chi connectivity index (χ4v) is 2.21. The molecule has 6 nitrogen and oxygen atoms in total. The molecule has 0 bridgehead atoms. The molecule has 1 aliphatic heterocycles. The van der Waals surface area contributed by atoms with Crippen molar-refractivity contribution in [3.63, 3.8) is 0 Å². The van der Waals surface area contributed by atoms with E-state index in [1.807, 2.05) is 11.8 Å². The molecule has 1 aromatic heterocycles. The number of aromatic nitrogens is 2. The summed E-state index contributed by atoms with van der Waals surface area (Å²) in [4.78, 5) is 22.4. The standard InChI is InChI=1S/C13H20N4O2/c1-9(13(18)17-6-4-5-7-17)14-11-8-12(19-3)16-10(2)15-11/h8-9H,4-7H2,1-3H3,(H,14,15,16). The molecular weight excluding hydrogens is 244 g/mol. The molecular formula is C13H20N4O2. The van der Waals surface area contributed by atoms with Gasteiger partial charge >= 0.3 is 0 Å². The lowest BCUT2D eigenvalue weighted by atomic mass is 10.3. The molecule has 1 N–H and O–H groups in total. The molecule has 0 spiro atoms. The summed E-state index contributed by atoms with van der Waals surface area (Å²) in [5, 5.41) is 3.11. The average molecular weight is 264 g/mol. The van der Waals surface area contributed by atoms with E-state index in [4.69, 9.17) is 4.74 Å². The van der Waals surface area contributed by atoms with Crippen molar-refractivity contribution in [2.75, 3.05) is 25.5 Å². The lowest BCUT2D eigenvalue weighted by Crippen LogP contribution is -2.39. The summed E-state index contributed by atoms with van der Waals surface area (Å²) in [6.45, 7) is 5.36. The number of nitrogens with one attached hydrogen (secondary N) is 1. The second-order valence-electron chi connectivity index (χ2n) is 4.74. The van der Waals surface area contributed by atoms with E-state index in [1.165, 1.54) is 0 Å². The van der Waals surface area contributed by atoms with Crippen LogP contribution in [0.15, 0.2) is 6.07 Å². The van der Waals surface area contributed by atoms with Crippen molar-refractivity contribution in [2.24, 2.45) is 0 Å². The van der Waals surface area contributed by atoms with Gasteiger partial charge in [0.25, 0.3) is 0 Å². The van der Waals surface area contributed by atoms with E-state index >= 15 is 0 Å². The number of carbonyl (C=O) groups excluding carboxylic acids is 1. The second kappa shape index (κ2) is 5.86. The van der Waals surface area contributed by atoms with Gasteiger partial charge in [-0.25, -0.2) is 4.98 Å². The van der Waals surface area contributed by atoms with Gasteiger partial charge in [0, 0.05) is 19.2 Å². The Morgan fingerprint density at radius 1 is 1.42 bits per heavy atom. The van der Waals surface area contributed by atoms with Crippen LogP contribution in [0.2, 0.25) is 0 Å². The van der Waals surface area contributed by atoms with Crippen LogP contribution >= 0.6 is 0 Å². The van der Waals surface area contributed by atoms with E-state index in [0.29, 0.717) is 17.5 Å². The second-order valence-corrected chi connectivity index (χ2v) is 4.74. The van der Waals surface area contributed by atoms with Gasteiger partial charge in [-0.15, -0.1) is 0 Å². The first-order valence-corrected chi connectivity index (χ1v) is 6.55. The quantitative estimate of drug-likeness (QED) is 0.885. The van der Waals surface area contributed by atoms with Gasteiger partial charge < -0.3 is 15.0 Å². The number of nitrogens with zero attached hydrogens (tertiary/aromatic N) is 3.